The standard InChI is InChI=1S/C20H18N4O4S2/c1-12-3-2-4-14(7-12)18(26)22-19-23-24-20(30-19)29-10-17(25)21-9-13-5-6-15-16(8-13)28-11-27-15/h2-8H,9-11H2,1H3,(H,21,25)(H,22,23,26). The maximum absolute atomic E-state index is 12.3. The predicted molar refractivity (Wildman–Crippen MR) is 114 cm³/mol. The number of benzene rings is 2. The average molecular weight is 443 g/mol. The normalized spacial score (nSPS) is 11.9. The van der Waals surface area contributed by atoms with Gasteiger partial charge in [0.05, 0.1) is 5.75 Å². The van der Waals surface area contributed by atoms with Gasteiger partial charge in [-0.15, -0.1) is 10.2 Å². The molecule has 0 atom stereocenters. The van der Waals surface area contributed by atoms with E-state index in [0.717, 1.165) is 11.1 Å². The summed E-state index contributed by atoms with van der Waals surface area (Å²) >= 11 is 2.50. The van der Waals surface area contributed by atoms with Crippen LogP contribution in [0, 0.1) is 6.92 Å². The number of hydrogen-bond donors (Lipinski definition) is 2. The number of nitrogens with one attached hydrogen (secondary N) is 2. The first kappa shape index (κ1) is 20.2. The molecule has 0 bridgehead atoms. The Bertz CT molecular complexity index is 1090. The van der Waals surface area contributed by atoms with Crippen LogP contribution in [0.15, 0.2) is 46.8 Å². The van der Waals surface area contributed by atoms with E-state index in [2.05, 4.69) is 20.8 Å². The summed E-state index contributed by atoms with van der Waals surface area (Å²) in [4.78, 5) is 24.4. The molecule has 8 nitrogen and oxygen atoms in total. The van der Waals surface area contributed by atoms with Crippen LogP contribution in [0.2, 0.25) is 0 Å². The Hall–Kier alpha value is -3.11. The van der Waals surface area contributed by atoms with Crippen molar-refractivity contribution in [3.8, 4) is 11.5 Å². The number of carbonyl (C=O) groups excluding carboxylic acids is 2. The van der Waals surface area contributed by atoms with E-state index in [4.69, 9.17) is 9.47 Å². The first-order valence-electron chi connectivity index (χ1n) is 9.06. The van der Waals surface area contributed by atoms with E-state index >= 15 is 0 Å². The van der Waals surface area contributed by atoms with E-state index in [1.807, 2.05) is 37.3 Å². The number of aryl methyl sites for hydroxylation is 1. The molecule has 0 saturated heterocycles. The lowest BCUT2D eigenvalue weighted by molar-refractivity contribution is -0.118. The zero-order chi connectivity index (χ0) is 20.9. The van der Waals surface area contributed by atoms with Gasteiger partial charge >= 0.3 is 0 Å². The highest BCUT2D eigenvalue weighted by Crippen LogP contribution is 2.32. The summed E-state index contributed by atoms with van der Waals surface area (Å²) in [7, 11) is 0. The number of rotatable bonds is 7. The van der Waals surface area contributed by atoms with E-state index in [1.54, 1.807) is 12.1 Å². The summed E-state index contributed by atoms with van der Waals surface area (Å²) in [5.74, 6) is 1.23. The van der Waals surface area contributed by atoms with E-state index in [0.29, 0.717) is 33.1 Å². The van der Waals surface area contributed by atoms with Crippen LogP contribution in [-0.4, -0.2) is 34.6 Å². The van der Waals surface area contributed by atoms with Gasteiger partial charge in [0, 0.05) is 12.1 Å². The minimum Gasteiger partial charge on any atom is -0.454 e. The molecular formula is C20H18N4O4S2. The molecule has 4 rings (SSSR count). The first-order chi connectivity index (χ1) is 14.6. The van der Waals surface area contributed by atoms with Gasteiger partial charge in [0.1, 0.15) is 0 Å². The highest BCUT2D eigenvalue weighted by Gasteiger charge is 2.14. The molecule has 1 aliphatic rings. The van der Waals surface area contributed by atoms with Gasteiger partial charge in [-0.25, -0.2) is 0 Å². The largest absolute Gasteiger partial charge is 0.454 e. The molecule has 0 unspecified atom stereocenters. The number of fused-ring (bicyclic) bond motifs is 1. The van der Waals surface area contributed by atoms with Gasteiger partial charge in [-0.2, -0.15) is 0 Å². The molecule has 10 heteroatoms. The van der Waals surface area contributed by atoms with Gasteiger partial charge in [0.15, 0.2) is 15.8 Å². The third-order valence-corrected chi connectivity index (χ3v) is 6.13. The first-order valence-corrected chi connectivity index (χ1v) is 10.9. The van der Waals surface area contributed by atoms with Crippen molar-refractivity contribution >= 4 is 40.0 Å². The quantitative estimate of drug-likeness (QED) is 0.428. The fourth-order valence-electron chi connectivity index (χ4n) is 2.70. The van der Waals surface area contributed by atoms with Crippen molar-refractivity contribution in [1.29, 1.82) is 0 Å². The number of nitrogens with zero attached hydrogens (tertiary/aromatic N) is 2. The second-order valence-corrected chi connectivity index (χ2v) is 8.65. The molecule has 2 heterocycles. The summed E-state index contributed by atoms with van der Waals surface area (Å²) in [6.45, 7) is 2.54. The van der Waals surface area contributed by atoms with E-state index in [1.165, 1.54) is 23.1 Å². The maximum Gasteiger partial charge on any atom is 0.257 e. The van der Waals surface area contributed by atoms with Gasteiger partial charge in [-0.3, -0.25) is 14.9 Å². The smallest absolute Gasteiger partial charge is 0.257 e. The van der Waals surface area contributed by atoms with E-state index in [9.17, 15) is 9.59 Å². The van der Waals surface area contributed by atoms with Crippen LogP contribution in [0.5, 0.6) is 11.5 Å². The van der Waals surface area contributed by atoms with Gasteiger partial charge < -0.3 is 14.8 Å². The molecule has 0 saturated carbocycles. The van der Waals surface area contributed by atoms with Crippen molar-refractivity contribution < 1.29 is 19.1 Å². The topological polar surface area (TPSA) is 102 Å². The fraction of sp³-hybridized carbons (Fsp3) is 0.200. The van der Waals surface area contributed by atoms with Crippen molar-refractivity contribution in [2.45, 2.75) is 17.8 Å². The number of hydrogen-bond acceptors (Lipinski definition) is 8. The molecule has 3 aromatic rings. The Balaban J connectivity index is 1.24. The Labute approximate surface area is 181 Å². The summed E-state index contributed by atoms with van der Waals surface area (Å²) in [5, 5.41) is 14.0. The molecule has 154 valence electrons. The van der Waals surface area contributed by atoms with Gasteiger partial charge in [0.2, 0.25) is 17.8 Å². The van der Waals surface area contributed by atoms with Crippen LogP contribution in [0.1, 0.15) is 21.5 Å². The Morgan fingerprint density at radius 1 is 1.13 bits per heavy atom. The lowest BCUT2D eigenvalue weighted by atomic mass is 10.1. The van der Waals surface area contributed by atoms with E-state index in [-0.39, 0.29) is 24.4 Å². The average Bonchev–Trinajstić information content (AvgIpc) is 3.39. The molecule has 2 aromatic carbocycles. The summed E-state index contributed by atoms with van der Waals surface area (Å²) in [5.41, 5.74) is 2.49. The molecule has 1 aromatic heterocycles. The Morgan fingerprint density at radius 3 is 2.87 bits per heavy atom. The Kier molecular flexibility index (Phi) is 6.15. The minimum atomic E-state index is -0.243. The maximum atomic E-state index is 12.3. The number of ether oxygens (including phenoxy) is 2. The number of aromatic nitrogens is 2. The highest BCUT2D eigenvalue weighted by atomic mass is 32.2. The van der Waals surface area contributed by atoms with Gasteiger partial charge in [-0.1, -0.05) is 46.9 Å². The number of amides is 2. The van der Waals surface area contributed by atoms with E-state index < -0.39 is 0 Å². The third-order valence-electron chi connectivity index (χ3n) is 4.16. The second kappa shape index (κ2) is 9.14. The van der Waals surface area contributed by atoms with Crippen LogP contribution < -0.4 is 20.1 Å². The minimum absolute atomic E-state index is 0.127. The highest BCUT2D eigenvalue weighted by molar-refractivity contribution is 8.01. The zero-order valence-corrected chi connectivity index (χ0v) is 17.6. The molecule has 2 N–H and O–H groups in total. The van der Waals surface area contributed by atoms with Crippen molar-refractivity contribution in [3.63, 3.8) is 0 Å². The van der Waals surface area contributed by atoms with Crippen LogP contribution in [0.25, 0.3) is 0 Å². The van der Waals surface area contributed by atoms with Gasteiger partial charge in [-0.05, 0) is 36.8 Å². The van der Waals surface area contributed by atoms with Crippen LogP contribution >= 0.6 is 23.1 Å². The molecule has 2 amide bonds. The zero-order valence-electron chi connectivity index (χ0n) is 16.0. The molecule has 0 fully saturated rings. The number of carbonyl (C=O) groups is 2. The van der Waals surface area contributed by atoms with Crippen LogP contribution in [0.3, 0.4) is 0 Å². The number of thioether (sulfide) groups is 1. The lowest BCUT2D eigenvalue weighted by Crippen LogP contribution is -2.24. The van der Waals surface area contributed by atoms with Crippen molar-refractivity contribution in [3.05, 3.63) is 59.2 Å². The molecule has 0 aliphatic carbocycles. The molecule has 1 aliphatic heterocycles. The summed E-state index contributed by atoms with van der Waals surface area (Å²) < 4.78 is 11.2. The van der Waals surface area contributed by atoms with Crippen molar-refractivity contribution in [2.24, 2.45) is 0 Å². The SMILES string of the molecule is Cc1cccc(C(=O)Nc2nnc(SCC(=O)NCc3ccc4c(c3)OCO4)s2)c1. The fourth-order valence-corrected chi connectivity index (χ4v) is 4.28. The van der Waals surface area contributed by atoms with Crippen LogP contribution in [-0.2, 0) is 11.3 Å². The molecular weight excluding hydrogens is 424 g/mol. The van der Waals surface area contributed by atoms with Crippen LogP contribution in [0.4, 0.5) is 5.13 Å². The Morgan fingerprint density at radius 2 is 2.00 bits per heavy atom. The molecule has 30 heavy (non-hydrogen) atoms. The number of anilines is 1. The molecule has 0 radical (unpaired) electrons. The lowest BCUT2D eigenvalue weighted by Gasteiger charge is -2.05. The molecule has 0 spiro atoms. The monoisotopic (exact) mass is 442 g/mol. The van der Waals surface area contributed by atoms with Gasteiger partial charge in [0.25, 0.3) is 5.91 Å². The third kappa shape index (κ3) is 5.08. The second-order valence-electron chi connectivity index (χ2n) is 6.45. The van der Waals surface area contributed by atoms with Crippen molar-refractivity contribution in [1.82, 2.24) is 15.5 Å². The van der Waals surface area contributed by atoms with Crippen molar-refractivity contribution in [2.75, 3.05) is 17.9 Å². The summed E-state index contributed by atoms with van der Waals surface area (Å²) in [6.07, 6.45) is 0. The predicted octanol–water partition coefficient (Wildman–Crippen LogP) is 3.24. The summed E-state index contributed by atoms with van der Waals surface area (Å²) in [6, 6.07) is 12.9.